The lowest BCUT2D eigenvalue weighted by molar-refractivity contribution is -0.119. The van der Waals surface area contributed by atoms with Gasteiger partial charge in [-0.15, -0.1) is 0 Å². The Morgan fingerprint density at radius 1 is 1.29 bits per heavy atom. The number of aliphatic imine (C=N–C) groups is 1. The Labute approximate surface area is 143 Å². The number of carbonyl (C=O) groups excluding carboxylic acids is 1. The summed E-state index contributed by atoms with van der Waals surface area (Å²) in [6.45, 7) is 7.17. The highest BCUT2D eigenvalue weighted by atomic mass is 16.2. The number of fused-ring (bicyclic) bond motifs is 1. The van der Waals surface area contributed by atoms with E-state index in [-0.39, 0.29) is 11.5 Å². The Hall–Kier alpha value is -2.10. The number of amidine groups is 1. The number of nitrogens with zero attached hydrogens (tertiary/aromatic N) is 2. The summed E-state index contributed by atoms with van der Waals surface area (Å²) in [4.78, 5) is 19.1. The van der Waals surface area contributed by atoms with Gasteiger partial charge in [-0.3, -0.25) is 9.79 Å². The van der Waals surface area contributed by atoms with E-state index in [1.165, 1.54) is 11.1 Å². The van der Waals surface area contributed by atoms with Gasteiger partial charge in [0, 0.05) is 30.3 Å². The molecule has 0 unspecified atom stereocenters. The Morgan fingerprint density at radius 3 is 2.79 bits per heavy atom. The maximum atomic E-state index is 12.4. The molecule has 1 aromatic rings. The van der Waals surface area contributed by atoms with E-state index in [0.29, 0.717) is 5.91 Å². The van der Waals surface area contributed by atoms with Crippen LogP contribution in [0, 0.1) is 5.92 Å². The molecule has 0 spiro atoms. The maximum Gasteiger partial charge on any atom is 0.230 e. The SMILES string of the molecule is CC(C)(C)N=C1CC=C(c2ccc3c(c2)CCN3C(=O)C2CC2)N1. The zero-order valence-corrected chi connectivity index (χ0v) is 14.7. The molecule has 1 saturated carbocycles. The third kappa shape index (κ3) is 2.97. The highest BCUT2D eigenvalue weighted by Gasteiger charge is 2.36. The van der Waals surface area contributed by atoms with Crippen molar-refractivity contribution in [3.05, 3.63) is 35.4 Å². The number of carbonyl (C=O) groups is 1. The van der Waals surface area contributed by atoms with Crippen LogP contribution in [-0.2, 0) is 11.2 Å². The van der Waals surface area contributed by atoms with Gasteiger partial charge in [0.15, 0.2) is 0 Å². The summed E-state index contributed by atoms with van der Waals surface area (Å²) in [6, 6.07) is 6.46. The molecule has 1 amide bonds. The van der Waals surface area contributed by atoms with Crippen molar-refractivity contribution in [1.82, 2.24) is 5.32 Å². The topological polar surface area (TPSA) is 44.7 Å². The molecule has 2 heterocycles. The molecule has 4 nitrogen and oxygen atoms in total. The van der Waals surface area contributed by atoms with Gasteiger partial charge >= 0.3 is 0 Å². The Bertz CT molecular complexity index is 751. The molecule has 1 fully saturated rings. The number of hydrogen-bond acceptors (Lipinski definition) is 2. The highest BCUT2D eigenvalue weighted by Crippen LogP contribution is 2.37. The predicted molar refractivity (Wildman–Crippen MR) is 98.1 cm³/mol. The summed E-state index contributed by atoms with van der Waals surface area (Å²) in [5, 5.41) is 3.45. The fraction of sp³-hybridized carbons (Fsp3) is 0.500. The molecule has 0 aromatic heterocycles. The summed E-state index contributed by atoms with van der Waals surface area (Å²) in [5.41, 5.74) is 4.65. The van der Waals surface area contributed by atoms with Gasteiger partial charge in [-0.2, -0.15) is 0 Å². The highest BCUT2D eigenvalue weighted by molar-refractivity contribution is 6.00. The van der Waals surface area contributed by atoms with Crippen LogP contribution < -0.4 is 10.2 Å². The van der Waals surface area contributed by atoms with Crippen molar-refractivity contribution in [3.63, 3.8) is 0 Å². The standard InChI is InChI=1S/C20H25N3O/c1-20(2,3)22-18-9-7-16(21-18)14-6-8-17-15(12-14)10-11-23(17)19(24)13-4-5-13/h6-8,12-13H,4-5,9-11H2,1-3H3,(H,21,22). The number of rotatable bonds is 2. The molecule has 0 radical (unpaired) electrons. The van der Waals surface area contributed by atoms with Crippen molar-refractivity contribution in [2.24, 2.45) is 10.9 Å². The first-order valence-electron chi connectivity index (χ1n) is 8.91. The minimum Gasteiger partial charge on any atom is -0.344 e. The first-order valence-corrected chi connectivity index (χ1v) is 8.91. The molecule has 2 aliphatic heterocycles. The first-order chi connectivity index (χ1) is 11.4. The van der Waals surface area contributed by atoms with E-state index in [0.717, 1.165) is 49.4 Å². The molecule has 4 heteroatoms. The minimum atomic E-state index is -0.0623. The quantitative estimate of drug-likeness (QED) is 0.905. The molecule has 0 bridgehead atoms. The van der Waals surface area contributed by atoms with E-state index >= 15 is 0 Å². The first kappa shape index (κ1) is 15.4. The lowest BCUT2D eigenvalue weighted by Gasteiger charge is -2.17. The second-order valence-electron chi connectivity index (χ2n) is 8.03. The van der Waals surface area contributed by atoms with Gasteiger partial charge in [0.05, 0.1) is 5.54 Å². The van der Waals surface area contributed by atoms with Crippen LogP contribution >= 0.6 is 0 Å². The summed E-state index contributed by atoms with van der Waals surface area (Å²) >= 11 is 0. The van der Waals surface area contributed by atoms with E-state index in [2.05, 4.69) is 50.4 Å². The monoisotopic (exact) mass is 323 g/mol. The van der Waals surface area contributed by atoms with Crippen LogP contribution in [0.5, 0.6) is 0 Å². The maximum absolute atomic E-state index is 12.4. The molecule has 126 valence electrons. The smallest absolute Gasteiger partial charge is 0.230 e. The summed E-state index contributed by atoms with van der Waals surface area (Å²) in [7, 11) is 0. The molecule has 3 aliphatic rings. The van der Waals surface area contributed by atoms with E-state index in [1.54, 1.807) is 0 Å². The third-order valence-corrected chi connectivity index (χ3v) is 4.73. The number of benzene rings is 1. The molecular weight excluding hydrogens is 298 g/mol. The molecule has 1 aliphatic carbocycles. The minimum absolute atomic E-state index is 0.0623. The zero-order valence-electron chi connectivity index (χ0n) is 14.7. The van der Waals surface area contributed by atoms with E-state index in [4.69, 9.17) is 4.99 Å². The number of anilines is 1. The van der Waals surface area contributed by atoms with Gasteiger partial charge in [-0.1, -0.05) is 12.1 Å². The van der Waals surface area contributed by atoms with Crippen molar-refractivity contribution in [1.29, 1.82) is 0 Å². The Kier molecular flexibility index (Phi) is 3.52. The summed E-state index contributed by atoms with van der Waals surface area (Å²) < 4.78 is 0. The summed E-state index contributed by atoms with van der Waals surface area (Å²) in [5.74, 6) is 1.63. The molecule has 0 saturated heterocycles. The number of amides is 1. The van der Waals surface area contributed by atoms with Crippen molar-refractivity contribution < 1.29 is 4.79 Å². The van der Waals surface area contributed by atoms with Crippen LogP contribution in [0.15, 0.2) is 29.3 Å². The van der Waals surface area contributed by atoms with Crippen molar-refractivity contribution >= 4 is 23.1 Å². The van der Waals surface area contributed by atoms with Crippen LogP contribution in [0.4, 0.5) is 5.69 Å². The van der Waals surface area contributed by atoms with E-state index < -0.39 is 0 Å². The Balaban J connectivity index is 1.53. The molecule has 1 N–H and O–H groups in total. The van der Waals surface area contributed by atoms with Crippen LogP contribution in [0.2, 0.25) is 0 Å². The molecule has 4 rings (SSSR count). The Morgan fingerprint density at radius 2 is 2.08 bits per heavy atom. The normalized spacial score (nSPS) is 21.7. The van der Waals surface area contributed by atoms with Crippen molar-refractivity contribution in [2.45, 2.75) is 52.0 Å². The third-order valence-electron chi connectivity index (χ3n) is 4.73. The average molecular weight is 323 g/mol. The van der Waals surface area contributed by atoms with E-state index in [1.807, 2.05) is 4.90 Å². The van der Waals surface area contributed by atoms with Gasteiger partial charge in [0.25, 0.3) is 0 Å². The number of nitrogens with one attached hydrogen (secondary N) is 1. The van der Waals surface area contributed by atoms with Gasteiger partial charge < -0.3 is 10.2 Å². The number of hydrogen-bond donors (Lipinski definition) is 1. The molecular formula is C20H25N3O. The zero-order chi connectivity index (χ0) is 16.9. The lowest BCUT2D eigenvalue weighted by Crippen LogP contribution is -2.30. The van der Waals surface area contributed by atoms with Crippen LogP contribution in [0.3, 0.4) is 0 Å². The van der Waals surface area contributed by atoms with E-state index in [9.17, 15) is 4.79 Å². The molecule has 0 atom stereocenters. The fourth-order valence-corrected chi connectivity index (χ4v) is 3.47. The predicted octanol–water partition coefficient (Wildman–Crippen LogP) is 3.52. The van der Waals surface area contributed by atoms with Crippen LogP contribution in [-0.4, -0.2) is 23.8 Å². The van der Waals surface area contributed by atoms with Crippen LogP contribution in [0.25, 0.3) is 5.70 Å². The average Bonchev–Trinajstić information content (AvgIpc) is 3.13. The lowest BCUT2D eigenvalue weighted by atomic mass is 10.1. The van der Waals surface area contributed by atoms with Crippen molar-refractivity contribution in [2.75, 3.05) is 11.4 Å². The van der Waals surface area contributed by atoms with Gasteiger partial charge in [-0.25, -0.2) is 0 Å². The second kappa shape index (κ2) is 5.47. The molecule has 1 aromatic carbocycles. The van der Waals surface area contributed by atoms with Gasteiger partial charge in [0.2, 0.25) is 5.91 Å². The molecule has 24 heavy (non-hydrogen) atoms. The van der Waals surface area contributed by atoms with Gasteiger partial charge in [0.1, 0.15) is 5.84 Å². The second-order valence-corrected chi connectivity index (χ2v) is 8.03. The largest absolute Gasteiger partial charge is 0.344 e. The summed E-state index contributed by atoms with van der Waals surface area (Å²) in [6.07, 6.45) is 6.15. The van der Waals surface area contributed by atoms with Gasteiger partial charge in [-0.05, 0) is 63.3 Å². The van der Waals surface area contributed by atoms with Crippen LogP contribution in [0.1, 0.15) is 51.2 Å². The fourth-order valence-electron chi connectivity index (χ4n) is 3.47. The van der Waals surface area contributed by atoms with Crippen molar-refractivity contribution in [3.8, 4) is 0 Å².